The Hall–Kier alpha value is -3.76. The third-order valence-corrected chi connectivity index (χ3v) is 9.11. The van der Waals surface area contributed by atoms with E-state index < -0.39 is 0 Å². The SMILES string of the molecule is COc1ccc(N2CCCN(Cc3cccc4c3ccn4CC(=O)N3CCOC(CN(C)C)C3)C2=O)cc1OCCCC1CC1. The Kier molecular flexibility index (Phi) is 9.80. The highest BCUT2D eigenvalue weighted by Gasteiger charge is 2.29. The second kappa shape index (κ2) is 14.1. The summed E-state index contributed by atoms with van der Waals surface area (Å²) in [5.74, 6) is 2.34. The molecule has 10 heteroatoms. The molecule has 10 nitrogen and oxygen atoms in total. The molecule has 3 amide bonds. The number of benzene rings is 2. The summed E-state index contributed by atoms with van der Waals surface area (Å²) in [5.41, 5.74) is 2.89. The number of hydrogen-bond acceptors (Lipinski definition) is 6. The van der Waals surface area contributed by atoms with Gasteiger partial charge in [-0.15, -0.1) is 0 Å². The van der Waals surface area contributed by atoms with E-state index in [1.54, 1.807) is 7.11 Å². The Morgan fingerprint density at radius 3 is 2.73 bits per heavy atom. The fourth-order valence-electron chi connectivity index (χ4n) is 6.55. The van der Waals surface area contributed by atoms with Gasteiger partial charge < -0.3 is 33.5 Å². The highest BCUT2D eigenvalue weighted by atomic mass is 16.5. The fourth-order valence-corrected chi connectivity index (χ4v) is 6.55. The molecule has 0 radical (unpaired) electrons. The van der Waals surface area contributed by atoms with E-state index in [-0.39, 0.29) is 24.6 Å². The number of likely N-dealkylation sites (N-methyl/N-ethyl adjacent to an activating group) is 1. The third kappa shape index (κ3) is 7.56. The van der Waals surface area contributed by atoms with Gasteiger partial charge in [-0.1, -0.05) is 25.0 Å². The third-order valence-electron chi connectivity index (χ3n) is 9.11. The van der Waals surface area contributed by atoms with E-state index in [0.717, 1.165) is 47.5 Å². The maximum atomic E-state index is 13.8. The van der Waals surface area contributed by atoms with E-state index >= 15 is 0 Å². The molecule has 2 aliphatic heterocycles. The molecular formula is C35H47N5O5. The van der Waals surface area contributed by atoms with Crippen LogP contribution in [-0.2, 0) is 22.6 Å². The average Bonchev–Trinajstić information content (AvgIpc) is 3.78. The monoisotopic (exact) mass is 617 g/mol. The van der Waals surface area contributed by atoms with E-state index in [1.165, 1.54) is 19.3 Å². The Labute approximate surface area is 266 Å². The molecule has 0 spiro atoms. The molecule has 0 bridgehead atoms. The van der Waals surface area contributed by atoms with Crippen molar-refractivity contribution in [2.45, 2.75) is 51.3 Å². The van der Waals surface area contributed by atoms with Crippen LogP contribution >= 0.6 is 0 Å². The first kappa shape index (κ1) is 31.2. The summed E-state index contributed by atoms with van der Waals surface area (Å²) in [6.45, 7) is 5.35. The predicted molar refractivity (Wildman–Crippen MR) is 175 cm³/mol. The summed E-state index contributed by atoms with van der Waals surface area (Å²) in [6, 6.07) is 14.0. The van der Waals surface area contributed by atoms with Crippen molar-refractivity contribution in [2.24, 2.45) is 5.92 Å². The topological polar surface area (TPSA) is 79.7 Å². The van der Waals surface area contributed by atoms with Gasteiger partial charge in [-0.25, -0.2) is 4.79 Å². The van der Waals surface area contributed by atoms with Crippen LogP contribution in [0.25, 0.3) is 10.9 Å². The number of hydrogen-bond donors (Lipinski definition) is 0. The van der Waals surface area contributed by atoms with E-state index in [0.29, 0.717) is 57.4 Å². The van der Waals surface area contributed by atoms with Crippen LogP contribution in [0.1, 0.15) is 37.7 Å². The quantitative estimate of drug-likeness (QED) is 0.256. The van der Waals surface area contributed by atoms with Gasteiger partial charge in [0.1, 0.15) is 6.54 Å². The standard InChI is InChI=1S/C35H47N5O5/c1-36(2)23-29-24-38(18-20-44-29)34(41)25-37-17-14-30-27(8-4-9-31(30)37)22-39-15-6-16-40(35(39)42)28-12-13-32(43-3)33(21-28)45-19-5-7-26-10-11-26/h4,8-9,12-14,17,21,26,29H,5-7,10-11,15-16,18-20,22-25H2,1-3H3. The highest BCUT2D eigenvalue weighted by Crippen LogP contribution is 2.36. The second-order valence-electron chi connectivity index (χ2n) is 12.9. The molecule has 3 heterocycles. The summed E-state index contributed by atoms with van der Waals surface area (Å²) >= 11 is 0. The van der Waals surface area contributed by atoms with Crippen molar-refractivity contribution in [2.75, 3.05) is 72.0 Å². The average molecular weight is 618 g/mol. The zero-order valence-electron chi connectivity index (χ0n) is 27.0. The Bertz CT molecular complexity index is 1480. The number of nitrogens with zero attached hydrogens (tertiary/aromatic N) is 5. The largest absolute Gasteiger partial charge is 0.493 e. The van der Waals surface area contributed by atoms with Crippen molar-refractivity contribution in [3.8, 4) is 11.5 Å². The lowest BCUT2D eigenvalue weighted by atomic mass is 10.1. The summed E-state index contributed by atoms with van der Waals surface area (Å²) < 4.78 is 19.6. The van der Waals surface area contributed by atoms with Crippen LogP contribution < -0.4 is 14.4 Å². The summed E-state index contributed by atoms with van der Waals surface area (Å²) in [4.78, 5) is 34.9. The fraction of sp³-hybridized carbons (Fsp3) is 0.543. The van der Waals surface area contributed by atoms with Gasteiger partial charge in [-0.2, -0.15) is 0 Å². The number of fused-ring (bicyclic) bond motifs is 1. The first-order valence-electron chi connectivity index (χ1n) is 16.4. The zero-order valence-corrected chi connectivity index (χ0v) is 27.0. The molecule has 0 N–H and O–H groups in total. The van der Waals surface area contributed by atoms with Gasteiger partial charge >= 0.3 is 6.03 Å². The number of methoxy groups -OCH3 is 1. The maximum Gasteiger partial charge on any atom is 0.324 e. The number of carbonyl (C=O) groups excluding carboxylic acids is 2. The van der Waals surface area contributed by atoms with E-state index in [9.17, 15) is 9.59 Å². The Morgan fingerprint density at radius 2 is 1.93 bits per heavy atom. The van der Waals surface area contributed by atoms with E-state index in [4.69, 9.17) is 14.2 Å². The molecule has 1 aliphatic carbocycles. The van der Waals surface area contributed by atoms with Crippen molar-refractivity contribution >= 4 is 28.5 Å². The molecule has 1 aromatic heterocycles. The van der Waals surface area contributed by atoms with Crippen LogP contribution in [0, 0.1) is 5.92 Å². The lowest BCUT2D eigenvalue weighted by Crippen LogP contribution is -2.49. The van der Waals surface area contributed by atoms with Gasteiger partial charge in [0.25, 0.3) is 0 Å². The number of morpholine rings is 1. The first-order chi connectivity index (χ1) is 21.9. The van der Waals surface area contributed by atoms with Crippen molar-refractivity contribution in [1.29, 1.82) is 0 Å². The number of ether oxygens (including phenoxy) is 3. The number of anilines is 1. The molecule has 3 aliphatic rings. The Morgan fingerprint density at radius 1 is 1.07 bits per heavy atom. The molecule has 2 saturated heterocycles. The van der Waals surface area contributed by atoms with Gasteiger partial charge in [0.2, 0.25) is 5.91 Å². The first-order valence-corrected chi connectivity index (χ1v) is 16.4. The molecule has 3 fully saturated rings. The maximum absolute atomic E-state index is 13.8. The van der Waals surface area contributed by atoms with Crippen LogP contribution in [0.4, 0.5) is 10.5 Å². The molecule has 242 valence electrons. The molecular weight excluding hydrogens is 570 g/mol. The van der Waals surface area contributed by atoms with Crippen LogP contribution in [0.15, 0.2) is 48.7 Å². The van der Waals surface area contributed by atoms with Gasteiger partial charge in [-0.05, 0) is 69.1 Å². The minimum Gasteiger partial charge on any atom is -0.493 e. The van der Waals surface area contributed by atoms with E-state index in [1.807, 2.05) is 69.9 Å². The van der Waals surface area contributed by atoms with Crippen molar-refractivity contribution in [3.63, 3.8) is 0 Å². The second-order valence-corrected chi connectivity index (χ2v) is 12.9. The minimum atomic E-state index is -0.0164. The van der Waals surface area contributed by atoms with Crippen molar-refractivity contribution in [3.05, 3.63) is 54.2 Å². The molecule has 1 unspecified atom stereocenters. The molecule has 3 aromatic rings. The van der Waals surface area contributed by atoms with Crippen LogP contribution in [0.5, 0.6) is 11.5 Å². The zero-order chi connectivity index (χ0) is 31.3. The molecule has 2 aromatic carbocycles. The highest BCUT2D eigenvalue weighted by molar-refractivity contribution is 5.93. The summed E-state index contributed by atoms with van der Waals surface area (Å²) in [5, 5.41) is 1.06. The van der Waals surface area contributed by atoms with Gasteiger partial charge in [-0.3, -0.25) is 9.69 Å². The number of aromatic nitrogens is 1. The van der Waals surface area contributed by atoms with E-state index in [2.05, 4.69) is 17.0 Å². The van der Waals surface area contributed by atoms with Crippen molar-refractivity contribution in [1.82, 2.24) is 19.3 Å². The lowest BCUT2D eigenvalue weighted by Gasteiger charge is -2.36. The number of rotatable bonds is 13. The molecule has 6 rings (SSSR count). The lowest BCUT2D eigenvalue weighted by molar-refractivity contribution is -0.139. The van der Waals surface area contributed by atoms with Crippen LogP contribution in [-0.4, -0.2) is 104 Å². The van der Waals surface area contributed by atoms with Gasteiger partial charge in [0.05, 0.1) is 26.4 Å². The number of urea groups is 1. The number of carbonyl (C=O) groups is 2. The van der Waals surface area contributed by atoms with Gasteiger partial charge in [0, 0.05) is 68.1 Å². The molecule has 1 atom stereocenters. The molecule has 1 saturated carbocycles. The van der Waals surface area contributed by atoms with Crippen molar-refractivity contribution < 1.29 is 23.8 Å². The predicted octanol–water partition coefficient (Wildman–Crippen LogP) is 4.84. The van der Waals surface area contributed by atoms with Crippen LogP contribution in [0.2, 0.25) is 0 Å². The Balaban J connectivity index is 1.12. The molecule has 45 heavy (non-hydrogen) atoms. The van der Waals surface area contributed by atoms with Crippen LogP contribution in [0.3, 0.4) is 0 Å². The normalized spacial score (nSPS) is 19.1. The minimum absolute atomic E-state index is 0.0164. The van der Waals surface area contributed by atoms with Gasteiger partial charge in [0.15, 0.2) is 11.5 Å². The summed E-state index contributed by atoms with van der Waals surface area (Å²) in [6.07, 6.45) is 7.81. The smallest absolute Gasteiger partial charge is 0.324 e. The number of amides is 3. The summed E-state index contributed by atoms with van der Waals surface area (Å²) in [7, 11) is 5.68.